The van der Waals surface area contributed by atoms with E-state index in [1.165, 1.54) is 0 Å². The van der Waals surface area contributed by atoms with Crippen molar-refractivity contribution < 1.29 is 9.63 Å². The maximum Gasteiger partial charge on any atom is 0.209 e. The van der Waals surface area contributed by atoms with Crippen molar-refractivity contribution in [3.63, 3.8) is 0 Å². The number of aliphatic hydroxyl groups is 1. The van der Waals surface area contributed by atoms with Gasteiger partial charge in [-0.2, -0.15) is 0 Å². The molecule has 0 bridgehead atoms. The summed E-state index contributed by atoms with van der Waals surface area (Å²) in [5.41, 5.74) is 0.752. The summed E-state index contributed by atoms with van der Waals surface area (Å²) in [5, 5.41) is 13.4. The molecule has 0 aliphatic carbocycles. The molecular formula is C12H13N3O2. The van der Waals surface area contributed by atoms with E-state index in [-0.39, 0.29) is 0 Å². The van der Waals surface area contributed by atoms with Crippen molar-refractivity contribution in [2.45, 2.75) is 26.5 Å². The van der Waals surface area contributed by atoms with Crippen molar-refractivity contribution in [2.24, 2.45) is 0 Å². The van der Waals surface area contributed by atoms with Crippen LogP contribution in [-0.2, 0) is 6.54 Å². The number of hydrogen-bond donors (Lipinski definition) is 1. The van der Waals surface area contributed by atoms with Gasteiger partial charge < -0.3 is 14.2 Å². The molecule has 88 valence electrons. The van der Waals surface area contributed by atoms with Crippen LogP contribution in [-0.4, -0.2) is 19.8 Å². The predicted molar refractivity (Wildman–Crippen MR) is 61.0 cm³/mol. The van der Waals surface area contributed by atoms with Crippen LogP contribution in [0.5, 0.6) is 0 Å². The van der Waals surface area contributed by atoms with Gasteiger partial charge in [0.1, 0.15) is 17.6 Å². The summed E-state index contributed by atoms with van der Waals surface area (Å²) in [5.74, 6) is 6.68. The minimum atomic E-state index is -0.605. The first-order chi connectivity index (χ1) is 8.20. The Labute approximate surface area is 99.1 Å². The Bertz CT molecular complexity index is 558. The first kappa shape index (κ1) is 11.4. The SMILES string of the molecule is CC#Cc1cc(Cn2ccnc2C(C)O)no1. The maximum absolute atomic E-state index is 9.51. The van der Waals surface area contributed by atoms with Gasteiger partial charge in [-0.3, -0.25) is 0 Å². The highest BCUT2D eigenvalue weighted by atomic mass is 16.5. The number of imidazole rings is 1. The van der Waals surface area contributed by atoms with Gasteiger partial charge in [0.15, 0.2) is 0 Å². The number of aromatic nitrogens is 3. The van der Waals surface area contributed by atoms with Crippen LogP contribution in [0.3, 0.4) is 0 Å². The van der Waals surface area contributed by atoms with Crippen molar-refractivity contribution in [3.05, 3.63) is 35.7 Å². The molecule has 0 aromatic carbocycles. The molecule has 0 aliphatic heterocycles. The molecule has 5 nitrogen and oxygen atoms in total. The van der Waals surface area contributed by atoms with Gasteiger partial charge in [-0.15, -0.1) is 0 Å². The van der Waals surface area contributed by atoms with Crippen LogP contribution < -0.4 is 0 Å². The fourth-order valence-corrected chi connectivity index (χ4v) is 1.57. The fraction of sp³-hybridized carbons (Fsp3) is 0.333. The summed E-state index contributed by atoms with van der Waals surface area (Å²) in [4.78, 5) is 4.08. The first-order valence-electron chi connectivity index (χ1n) is 5.28. The average molecular weight is 231 g/mol. The van der Waals surface area contributed by atoms with Gasteiger partial charge >= 0.3 is 0 Å². The van der Waals surface area contributed by atoms with Crippen molar-refractivity contribution in [1.82, 2.24) is 14.7 Å². The molecule has 1 unspecified atom stereocenters. The summed E-state index contributed by atoms with van der Waals surface area (Å²) in [6, 6.07) is 1.78. The van der Waals surface area contributed by atoms with E-state index in [2.05, 4.69) is 22.0 Å². The zero-order valence-electron chi connectivity index (χ0n) is 9.71. The lowest BCUT2D eigenvalue weighted by Crippen LogP contribution is -2.07. The van der Waals surface area contributed by atoms with Crippen LogP contribution in [0.4, 0.5) is 0 Å². The van der Waals surface area contributed by atoms with E-state index in [9.17, 15) is 5.11 Å². The molecule has 0 fully saturated rings. The summed E-state index contributed by atoms with van der Waals surface area (Å²) >= 11 is 0. The van der Waals surface area contributed by atoms with Crippen molar-refractivity contribution in [1.29, 1.82) is 0 Å². The van der Waals surface area contributed by atoms with Crippen LogP contribution >= 0.6 is 0 Å². The lowest BCUT2D eigenvalue weighted by Gasteiger charge is -2.07. The van der Waals surface area contributed by atoms with E-state index in [1.54, 1.807) is 32.3 Å². The van der Waals surface area contributed by atoms with E-state index in [0.717, 1.165) is 5.69 Å². The van der Waals surface area contributed by atoms with E-state index in [1.807, 2.05) is 4.57 Å². The van der Waals surface area contributed by atoms with Crippen molar-refractivity contribution in [2.75, 3.05) is 0 Å². The van der Waals surface area contributed by atoms with Gasteiger partial charge in [0.05, 0.1) is 6.54 Å². The third-order valence-electron chi connectivity index (χ3n) is 2.26. The van der Waals surface area contributed by atoms with E-state index < -0.39 is 6.10 Å². The Morgan fingerprint density at radius 3 is 3.12 bits per heavy atom. The van der Waals surface area contributed by atoms with E-state index in [0.29, 0.717) is 18.1 Å². The molecule has 0 saturated heterocycles. The number of rotatable bonds is 3. The second-order valence-electron chi connectivity index (χ2n) is 3.65. The molecule has 0 aliphatic rings. The van der Waals surface area contributed by atoms with Crippen LogP contribution in [0.2, 0.25) is 0 Å². The molecule has 0 spiro atoms. The molecule has 2 heterocycles. The van der Waals surface area contributed by atoms with Crippen molar-refractivity contribution >= 4 is 0 Å². The summed E-state index contributed by atoms with van der Waals surface area (Å²) in [6.45, 7) is 3.92. The van der Waals surface area contributed by atoms with Crippen molar-refractivity contribution in [3.8, 4) is 11.8 Å². The van der Waals surface area contributed by atoms with Crippen LogP contribution in [0.15, 0.2) is 23.0 Å². The zero-order chi connectivity index (χ0) is 12.3. The van der Waals surface area contributed by atoms with Gasteiger partial charge in [-0.05, 0) is 19.8 Å². The lowest BCUT2D eigenvalue weighted by atomic mass is 10.3. The zero-order valence-corrected chi connectivity index (χ0v) is 9.71. The van der Waals surface area contributed by atoms with Crippen LogP contribution in [0, 0.1) is 11.8 Å². The Hall–Kier alpha value is -2.06. The number of hydrogen-bond acceptors (Lipinski definition) is 4. The normalized spacial score (nSPS) is 11.9. The molecule has 0 radical (unpaired) electrons. The highest BCUT2D eigenvalue weighted by Gasteiger charge is 2.10. The van der Waals surface area contributed by atoms with Gasteiger partial charge in [0.25, 0.3) is 0 Å². The van der Waals surface area contributed by atoms with Gasteiger partial charge in [-0.1, -0.05) is 11.1 Å². The minimum Gasteiger partial charge on any atom is -0.385 e. The molecule has 0 saturated carbocycles. The topological polar surface area (TPSA) is 64.1 Å². The second kappa shape index (κ2) is 4.85. The summed E-state index contributed by atoms with van der Waals surface area (Å²) in [7, 11) is 0. The van der Waals surface area contributed by atoms with Gasteiger partial charge in [-0.25, -0.2) is 4.98 Å². The molecule has 2 rings (SSSR count). The summed E-state index contributed by atoms with van der Waals surface area (Å²) in [6.07, 6.45) is 2.84. The lowest BCUT2D eigenvalue weighted by molar-refractivity contribution is 0.184. The Morgan fingerprint density at radius 2 is 2.41 bits per heavy atom. The number of aliphatic hydroxyl groups excluding tert-OH is 1. The predicted octanol–water partition coefficient (Wildman–Crippen LogP) is 1.34. The molecule has 2 aromatic rings. The Kier molecular flexibility index (Phi) is 3.26. The molecule has 5 heteroatoms. The smallest absolute Gasteiger partial charge is 0.209 e. The monoisotopic (exact) mass is 231 g/mol. The third kappa shape index (κ3) is 2.55. The van der Waals surface area contributed by atoms with Gasteiger partial charge in [0.2, 0.25) is 5.76 Å². The fourth-order valence-electron chi connectivity index (χ4n) is 1.57. The Morgan fingerprint density at radius 1 is 1.59 bits per heavy atom. The van der Waals surface area contributed by atoms with E-state index in [4.69, 9.17) is 4.52 Å². The van der Waals surface area contributed by atoms with Crippen LogP contribution in [0.25, 0.3) is 0 Å². The molecule has 1 N–H and O–H groups in total. The van der Waals surface area contributed by atoms with Crippen LogP contribution in [0.1, 0.15) is 37.2 Å². The molecular weight excluding hydrogens is 218 g/mol. The summed E-state index contributed by atoms with van der Waals surface area (Å²) < 4.78 is 6.86. The molecule has 0 amide bonds. The second-order valence-corrected chi connectivity index (χ2v) is 3.65. The first-order valence-corrected chi connectivity index (χ1v) is 5.28. The van der Waals surface area contributed by atoms with E-state index >= 15 is 0 Å². The maximum atomic E-state index is 9.51. The molecule has 2 aromatic heterocycles. The highest BCUT2D eigenvalue weighted by Crippen LogP contribution is 2.12. The van der Waals surface area contributed by atoms with Gasteiger partial charge in [0, 0.05) is 18.5 Å². The minimum absolute atomic E-state index is 0.509. The largest absolute Gasteiger partial charge is 0.385 e. The quantitative estimate of drug-likeness (QED) is 0.810. The molecule has 17 heavy (non-hydrogen) atoms. The highest BCUT2D eigenvalue weighted by molar-refractivity contribution is 5.25. The average Bonchev–Trinajstić information content (AvgIpc) is 2.89. The Balaban J connectivity index is 2.18. The molecule has 1 atom stereocenters. The third-order valence-corrected chi connectivity index (χ3v) is 2.26. The standard InChI is InChI=1S/C12H13N3O2/c1-3-4-11-7-10(14-17-11)8-15-6-5-13-12(15)9(2)16/h5-7,9,16H,8H2,1-2H3. The number of nitrogens with zero attached hydrogens (tertiary/aromatic N) is 3.